The lowest BCUT2D eigenvalue weighted by atomic mass is 10.2. The summed E-state index contributed by atoms with van der Waals surface area (Å²) in [6, 6.07) is 11.5. The lowest BCUT2D eigenvalue weighted by Gasteiger charge is -2.23. The molecule has 1 amide bonds. The normalized spacial score (nSPS) is 11.6. The van der Waals surface area contributed by atoms with Gasteiger partial charge in [-0.05, 0) is 37.6 Å². The predicted octanol–water partition coefficient (Wildman–Crippen LogP) is 4.41. The molecule has 0 heterocycles. The molecule has 1 N–H and O–H groups in total. The molecule has 0 radical (unpaired) electrons. The Morgan fingerprint density at radius 3 is 2.25 bits per heavy atom. The number of nitrogens with zero attached hydrogens (tertiary/aromatic N) is 1. The standard InChI is InChI=1S/C20H24Cl2N2O3S/c1-3-4-12-23-20(25)14-24(13-17-18(21)6-5-7-19(17)22)28(26,27)16-10-8-15(2)9-11-16/h5-11H,3-4,12-14H2,1-2H3,(H,23,25). The van der Waals surface area contributed by atoms with Crippen molar-refractivity contribution in [2.75, 3.05) is 13.1 Å². The second kappa shape index (κ2) is 10.3. The summed E-state index contributed by atoms with van der Waals surface area (Å²) in [5, 5.41) is 3.45. The molecule has 2 aromatic rings. The summed E-state index contributed by atoms with van der Waals surface area (Å²) >= 11 is 12.4. The Morgan fingerprint density at radius 2 is 1.68 bits per heavy atom. The lowest BCUT2D eigenvalue weighted by molar-refractivity contribution is -0.121. The first-order valence-corrected chi connectivity index (χ1v) is 11.2. The van der Waals surface area contributed by atoms with E-state index < -0.39 is 10.0 Å². The number of carbonyl (C=O) groups is 1. The number of amides is 1. The predicted molar refractivity (Wildman–Crippen MR) is 113 cm³/mol. The van der Waals surface area contributed by atoms with E-state index in [0.29, 0.717) is 22.2 Å². The molecular formula is C20H24Cl2N2O3S. The molecule has 0 saturated heterocycles. The number of halogens is 2. The third-order valence-electron chi connectivity index (χ3n) is 4.23. The van der Waals surface area contributed by atoms with Crippen molar-refractivity contribution >= 4 is 39.1 Å². The van der Waals surface area contributed by atoms with E-state index in [2.05, 4.69) is 5.32 Å². The molecule has 2 rings (SSSR count). The van der Waals surface area contributed by atoms with Gasteiger partial charge in [0, 0.05) is 28.7 Å². The van der Waals surface area contributed by atoms with Gasteiger partial charge in [-0.15, -0.1) is 0 Å². The summed E-state index contributed by atoms with van der Waals surface area (Å²) in [6.07, 6.45) is 1.76. The molecule has 5 nitrogen and oxygen atoms in total. The molecule has 0 aliphatic rings. The van der Waals surface area contributed by atoms with Gasteiger partial charge in [0.05, 0.1) is 11.4 Å². The molecule has 0 spiro atoms. The van der Waals surface area contributed by atoms with Gasteiger partial charge >= 0.3 is 0 Å². The van der Waals surface area contributed by atoms with E-state index in [4.69, 9.17) is 23.2 Å². The van der Waals surface area contributed by atoms with Gasteiger partial charge in [0.1, 0.15) is 0 Å². The molecule has 0 aromatic heterocycles. The first-order chi connectivity index (χ1) is 13.3. The van der Waals surface area contributed by atoms with Gasteiger partial charge in [0.2, 0.25) is 15.9 Å². The summed E-state index contributed by atoms with van der Waals surface area (Å²) in [5.41, 5.74) is 1.40. The summed E-state index contributed by atoms with van der Waals surface area (Å²) < 4.78 is 27.5. The number of benzene rings is 2. The van der Waals surface area contributed by atoms with Crippen LogP contribution in [0.4, 0.5) is 0 Å². The Kier molecular flexibility index (Phi) is 8.31. The number of unbranched alkanes of at least 4 members (excludes halogenated alkanes) is 1. The highest BCUT2D eigenvalue weighted by atomic mass is 35.5. The summed E-state index contributed by atoms with van der Waals surface area (Å²) in [4.78, 5) is 12.5. The van der Waals surface area contributed by atoms with Gasteiger partial charge in [-0.1, -0.05) is 60.3 Å². The van der Waals surface area contributed by atoms with Crippen LogP contribution in [0.15, 0.2) is 47.4 Å². The van der Waals surface area contributed by atoms with E-state index in [1.165, 1.54) is 12.1 Å². The minimum absolute atomic E-state index is 0.101. The van der Waals surface area contributed by atoms with Crippen LogP contribution in [0.25, 0.3) is 0 Å². The maximum atomic E-state index is 13.2. The van der Waals surface area contributed by atoms with Crippen molar-refractivity contribution in [1.29, 1.82) is 0 Å². The molecule has 0 fully saturated rings. The van der Waals surface area contributed by atoms with Crippen LogP contribution in [-0.2, 0) is 21.4 Å². The fourth-order valence-electron chi connectivity index (χ4n) is 2.57. The summed E-state index contributed by atoms with van der Waals surface area (Å²) in [5.74, 6) is -0.368. The molecule has 2 aromatic carbocycles. The van der Waals surface area contributed by atoms with Crippen LogP contribution in [0, 0.1) is 6.92 Å². The van der Waals surface area contributed by atoms with Crippen LogP contribution in [-0.4, -0.2) is 31.7 Å². The largest absolute Gasteiger partial charge is 0.355 e. The van der Waals surface area contributed by atoms with Crippen molar-refractivity contribution in [3.05, 3.63) is 63.6 Å². The molecule has 28 heavy (non-hydrogen) atoms. The Labute approximate surface area is 176 Å². The number of aryl methyl sites for hydroxylation is 1. The Balaban J connectivity index is 2.35. The van der Waals surface area contributed by atoms with Gasteiger partial charge in [0.25, 0.3) is 0 Å². The molecule has 8 heteroatoms. The SMILES string of the molecule is CCCCNC(=O)CN(Cc1c(Cl)cccc1Cl)S(=O)(=O)c1ccc(C)cc1. The van der Waals surface area contributed by atoms with E-state index in [1.54, 1.807) is 30.3 Å². The highest BCUT2D eigenvalue weighted by molar-refractivity contribution is 7.89. The van der Waals surface area contributed by atoms with Crippen molar-refractivity contribution in [3.8, 4) is 0 Å². The van der Waals surface area contributed by atoms with Crippen LogP contribution in [0.5, 0.6) is 0 Å². The molecule has 0 unspecified atom stereocenters. The van der Waals surface area contributed by atoms with Crippen molar-refractivity contribution < 1.29 is 13.2 Å². The monoisotopic (exact) mass is 442 g/mol. The highest BCUT2D eigenvalue weighted by Gasteiger charge is 2.28. The molecule has 152 valence electrons. The maximum Gasteiger partial charge on any atom is 0.243 e. The summed E-state index contributed by atoms with van der Waals surface area (Å²) in [6.45, 7) is 3.97. The first kappa shape index (κ1) is 22.7. The zero-order chi connectivity index (χ0) is 20.7. The van der Waals surface area contributed by atoms with Gasteiger partial charge < -0.3 is 5.32 Å². The fourth-order valence-corrected chi connectivity index (χ4v) is 4.45. The Bertz CT molecular complexity index is 895. The average molecular weight is 443 g/mol. The van der Waals surface area contributed by atoms with E-state index in [9.17, 15) is 13.2 Å². The van der Waals surface area contributed by atoms with Crippen molar-refractivity contribution in [2.24, 2.45) is 0 Å². The lowest BCUT2D eigenvalue weighted by Crippen LogP contribution is -2.40. The fraction of sp³-hybridized carbons (Fsp3) is 0.350. The summed E-state index contributed by atoms with van der Waals surface area (Å²) in [7, 11) is -3.92. The second-order valence-corrected chi connectivity index (χ2v) is 9.24. The number of carbonyl (C=O) groups excluding carboxylic acids is 1. The molecule has 0 aliphatic carbocycles. The van der Waals surface area contributed by atoms with Crippen LogP contribution in [0.1, 0.15) is 30.9 Å². The number of rotatable bonds is 9. The van der Waals surface area contributed by atoms with E-state index in [0.717, 1.165) is 22.7 Å². The third kappa shape index (κ3) is 5.95. The molecule has 0 atom stereocenters. The highest BCUT2D eigenvalue weighted by Crippen LogP contribution is 2.28. The van der Waals surface area contributed by atoms with Gasteiger partial charge in [-0.3, -0.25) is 4.79 Å². The van der Waals surface area contributed by atoms with Crippen LogP contribution in [0.2, 0.25) is 10.0 Å². The molecule has 0 saturated carbocycles. The van der Waals surface area contributed by atoms with Crippen molar-refractivity contribution in [2.45, 2.75) is 38.1 Å². The Morgan fingerprint density at radius 1 is 1.07 bits per heavy atom. The second-order valence-electron chi connectivity index (χ2n) is 6.49. The van der Waals surface area contributed by atoms with Crippen molar-refractivity contribution in [3.63, 3.8) is 0 Å². The zero-order valence-electron chi connectivity index (χ0n) is 15.9. The quantitative estimate of drug-likeness (QED) is 0.584. The first-order valence-electron chi connectivity index (χ1n) is 9.02. The van der Waals surface area contributed by atoms with Gasteiger partial charge in [-0.2, -0.15) is 4.31 Å². The number of hydrogen-bond acceptors (Lipinski definition) is 3. The van der Waals surface area contributed by atoms with Crippen LogP contribution in [0.3, 0.4) is 0 Å². The number of sulfonamides is 1. The van der Waals surface area contributed by atoms with Crippen molar-refractivity contribution in [1.82, 2.24) is 9.62 Å². The third-order valence-corrected chi connectivity index (χ3v) is 6.74. The van der Waals surface area contributed by atoms with E-state index in [1.807, 2.05) is 13.8 Å². The molecule has 0 aliphatic heterocycles. The number of nitrogens with one attached hydrogen (secondary N) is 1. The van der Waals surface area contributed by atoms with E-state index >= 15 is 0 Å². The van der Waals surface area contributed by atoms with Crippen LogP contribution < -0.4 is 5.32 Å². The molecule has 0 bridgehead atoms. The molecular weight excluding hydrogens is 419 g/mol. The van der Waals surface area contributed by atoms with Crippen LogP contribution >= 0.6 is 23.2 Å². The smallest absolute Gasteiger partial charge is 0.243 e. The number of hydrogen-bond donors (Lipinski definition) is 1. The van der Waals surface area contributed by atoms with E-state index in [-0.39, 0.29) is 23.9 Å². The van der Waals surface area contributed by atoms with Gasteiger partial charge in [0.15, 0.2) is 0 Å². The average Bonchev–Trinajstić information content (AvgIpc) is 2.64. The Hall–Kier alpha value is -1.60. The minimum Gasteiger partial charge on any atom is -0.355 e. The minimum atomic E-state index is -3.92. The maximum absolute atomic E-state index is 13.2. The van der Waals surface area contributed by atoms with Gasteiger partial charge in [-0.25, -0.2) is 8.42 Å². The zero-order valence-corrected chi connectivity index (χ0v) is 18.2. The topological polar surface area (TPSA) is 66.5 Å².